The van der Waals surface area contributed by atoms with Crippen LogP contribution in [0.1, 0.15) is 24.9 Å². The van der Waals surface area contributed by atoms with E-state index in [1.165, 1.54) is 0 Å². The molecule has 5 heteroatoms. The van der Waals surface area contributed by atoms with Crippen molar-refractivity contribution < 1.29 is 9.84 Å². The number of methoxy groups -OCH3 is 1. The average molecular weight is 227 g/mol. The van der Waals surface area contributed by atoms with Crippen LogP contribution in [0.2, 0.25) is 0 Å². The van der Waals surface area contributed by atoms with E-state index in [0.717, 1.165) is 25.1 Å². The molecule has 0 fully saturated rings. The number of hydrogen-bond acceptors (Lipinski definition) is 4. The Hall–Kier alpha value is -0.910. The van der Waals surface area contributed by atoms with Gasteiger partial charge in [-0.05, 0) is 6.42 Å². The molecule has 1 atom stereocenters. The zero-order chi connectivity index (χ0) is 11.8. The largest absolute Gasteiger partial charge is 0.394 e. The number of hydrogen-bond donors (Lipinski definition) is 2. The van der Waals surface area contributed by atoms with Crippen molar-refractivity contribution in [1.82, 2.24) is 15.1 Å². The van der Waals surface area contributed by atoms with Crippen molar-refractivity contribution in [3.8, 4) is 0 Å². The molecule has 0 bridgehead atoms. The van der Waals surface area contributed by atoms with Crippen LogP contribution in [-0.2, 0) is 11.3 Å². The third kappa shape index (κ3) is 3.92. The smallest absolute Gasteiger partial charge is 0.0627 e. The quantitative estimate of drug-likeness (QED) is 0.637. The normalized spacial score (nSPS) is 12.9. The molecular weight excluding hydrogens is 206 g/mol. The van der Waals surface area contributed by atoms with Crippen molar-refractivity contribution in [2.24, 2.45) is 0 Å². The van der Waals surface area contributed by atoms with Crippen LogP contribution in [0.5, 0.6) is 0 Å². The van der Waals surface area contributed by atoms with E-state index in [-0.39, 0.29) is 12.6 Å². The molecular formula is C11H21N3O2. The Kier molecular flexibility index (Phi) is 6.07. The van der Waals surface area contributed by atoms with Gasteiger partial charge in [-0.1, -0.05) is 6.92 Å². The Morgan fingerprint density at radius 3 is 3.06 bits per heavy atom. The summed E-state index contributed by atoms with van der Waals surface area (Å²) in [6.07, 6.45) is 4.84. The Balaban J connectivity index is 2.49. The second kappa shape index (κ2) is 7.38. The fourth-order valence-electron chi connectivity index (χ4n) is 1.53. The lowest BCUT2D eigenvalue weighted by Crippen LogP contribution is -2.27. The summed E-state index contributed by atoms with van der Waals surface area (Å²) >= 11 is 0. The number of rotatable bonds is 8. The second-order valence-electron chi connectivity index (χ2n) is 3.72. The van der Waals surface area contributed by atoms with Crippen LogP contribution < -0.4 is 5.32 Å². The minimum atomic E-state index is -0.0549. The first-order chi connectivity index (χ1) is 7.81. The van der Waals surface area contributed by atoms with E-state index in [4.69, 9.17) is 4.74 Å². The first-order valence-corrected chi connectivity index (χ1v) is 5.67. The third-order valence-corrected chi connectivity index (χ3v) is 2.39. The zero-order valence-electron chi connectivity index (χ0n) is 10.0. The van der Waals surface area contributed by atoms with E-state index in [1.807, 2.05) is 10.9 Å². The number of aromatic nitrogens is 2. The van der Waals surface area contributed by atoms with Crippen LogP contribution in [0, 0.1) is 0 Å². The second-order valence-corrected chi connectivity index (χ2v) is 3.72. The lowest BCUT2D eigenvalue weighted by Gasteiger charge is -2.13. The average Bonchev–Trinajstić information content (AvgIpc) is 2.74. The van der Waals surface area contributed by atoms with E-state index >= 15 is 0 Å². The van der Waals surface area contributed by atoms with E-state index < -0.39 is 0 Å². The van der Waals surface area contributed by atoms with Gasteiger partial charge in [-0.15, -0.1) is 0 Å². The number of aliphatic hydroxyl groups is 1. The Bertz CT molecular complexity index is 289. The Morgan fingerprint density at radius 2 is 2.44 bits per heavy atom. The number of ether oxygens (including phenoxy) is 1. The molecule has 0 aliphatic heterocycles. The molecule has 0 spiro atoms. The topological polar surface area (TPSA) is 59.3 Å². The fraction of sp³-hybridized carbons (Fsp3) is 0.727. The molecule has 1 heterocycles. The minimum absolute atomic E-state index is 0.0549. The summed E-state index contributed by atoms with van der Waals surface area (Å²) in [4.78, 5) is 0. The molecule has 16 heavy (non-hydrogen) atoms. The summed E-state index contributed by atoms with van der Waals surface area (Å²) in [7, 11) is 1.66. The molecule has 1 aromatic heterocycles. The summed E-state index contributed by atoms with van der Waals surface area (Å²) in [5, 5.41) is 16.7. The van der Waals surface area contributed by atoms with E-state index in [0.29, 0.717) is 6.61 Å². The highest BCUT2D eigenvalue weighted by Gasteiger charge is 2.11. The van der Waals surface area contributed by atoms with E-state index in [1.54, 1.807) is 13.3 Å². The fourth-order valence-corrected chi connectivity index (χ4v) is 1.53. The van der Waals surface area contributed by atoms with Gasteiger partial charge >= 0.3 is 0 Å². The Morgan fingerprint density at radius 1 is 1.62 bits per heavy atom. The predicted octanol–water partition coefficient (Wildman–Crippen LogP) is 0.562. The maximum Gasteiger partial charge on any atom is 0.0627 e. The van der Waals surface area contributed by atoms with Gasteiger partial charge in [-0.3, -0.25) is 4.68 Å². The van der Waals surface area contributed by atoms with Crippen LogP contribution in [0.25, 0.3) is 0 Å². The molecule has 0 saturated heterocycles. The highest BCUT2D eigenvalue weighted by atomic mass is 16.5. The van der Waals surface area contributed by atoms with Crippen LogP contribution in [-0.4, -0.2) is 41.8 Å². The van der Waals surface area contributed by atoms with Gasteiger partial charge in [-0.25, -0.2) is 0 Å². The number of aliphatic hydroxyl groups excluding tert-OH is 1. The molecule has 0 saturated carbocycles. The molecule has 0 radical (unpaired) electrons. The molecule has 1 unspecified atom stereocenters. The van der Waals surface area contributed by atoms with Gasteiger partial charge in [0.25, 0.3) is 0 Å². The van der Waals surface area contributed by atoms with Crippen LogP contribution >= 0.6 is 0 Å². The van der Waals surface area contributed by atoms with Gasteiger partial charge in [0.15, 0.2) is 0 Å². The minimum Gasteiger partial charge on any atom is -0.394 e. The highest BCUT2D eigenvalue weighted by Crippen LogP contribution is 2.10. The zero-order valence-corrected chi connectivity index (χ0v) is 10.0. The maximum atomic E-state index is 9.28. The summed E-state index contributed by atoms with van der Waals surface area (Å²) in [5.41, 5.74) is 1.02. The number of nitrogens with zero attached hydrogens (tertiary/aromatic N) is 2. The molecule has 0 aliphatic carbocycles. The summed E-state index contributed by atoms with van der Waals surface area (Å²) in [5.74, 6) is 0. The summed E-state index contributed by atoms with van der Waals surface area (Å²) < 4.78 is 6.85. The first kappa shape index (κ1) is 13.2. The molecule has 2 N–H and O–H groups in total. The van der Waals surface area contributed by atoms with Crippen molar-refractivity contribution in [1.29, 1.82) is 0 Å². The number of nitrogens with one attached hydrogen (secondary N) is 1. The summed E-state index contributed by atoms with van der Waals surface area (Å²) in [6, 6.07) is -0.0549. The third-order valence-electron chi connectivity index (χ3n) is 2.39. The predicted molar refractivity (Wildman–Crippen MR) is 62.2 cm³/mol. The van der Waals surface area contributed by atoms with Gasteiger partial charge < -0.3 is 15.2 Å². The molecule has 0 amide bonds. The molecule has 0 aromatic carbocycles. The lowest BCUT2D eigenvalue weighted by atomic mass is 10.2. The van der Waals surface area contributed by atoms with Crippen LogP contribution in [0.15, 0.2) is 12.4 Å². The van der Waals surface area contributed by atoms with Crippen molar-refractivity contribution in [3.63, 3.8) is 0 Å². The SMILES string of the molecule is CCCn1cc(C(CO)NCCOC)cn1. The standard InChI is InChI=1S/C11H21N3O2/c1-3-5-14-8-10(7-13-14)11(9-15)12-4-6-16-2/h7-8,11-12,15H,3-6,9H2,1-2H3. The van der Waals surface area contributed by atoms with Crippen molar-refractivity contribution >= 4 is 0 Å². The molecule has 0 aliphatic rings. The lowest BCUT2D eigenvalue weighted by molar-refractivity contribution is 0.184. The monoisotopic (exact) mass is 227 g/mol. The van der Waals surface area contributed by atoms with Gasteiger partial charge in [0.2, 0.25) is 0 Å². The molecule has 1 aromatic rings. The first-order valence-electron chi connectivity index (χ1n) is 5.67. The molecule has 5 nitrogen and oxygen atoms in total. The van der Waals surface area contributed by atoms with Crippen molar-refractivity contribution in [3.05, 3.63) is 18.0 Å². The van der Waals surface area contributed by atoms with Crippen molar-refractivity contribution in [2.45, 2.75) is 25.9 Å². The molecule has 1 rings (SSSR count). The number of aryl methyl sites for hydroxylation is 1. The molecule has 92 valence electrons. The Labute approximate surface area is 96.4 Å². The van der Waals surface area contributed by atoms with E-state index in [9.17, 15) is 5.11 Å². The van der Waals surface area contributed by atoms with Gasteiger partial charge in [-0.2, -0.15) is 5.10 Å². The maximum absolute atomic E-state index is 9.28. The van der Waals surface area contributed by atoms with Crippen LogP contribution in [0.4, 0.5) is 0 Å². The van der Waals surface area contributed by atoms with Crippen LogP contribution in [0.3, 0.4) is 0 Å². The van der Waals surface area contributed by atoms with Gasteiger partial charge in [0.1, 0.15) is 0 Å². The van der Waals surface area contributed by atoms with Gasteiger partial charge in [0.05, 0.1) is 25.5 Å². The van der Waals surface area contributed by atoms with Gasteiger partial charge in [0, 0.05) is 32.0 Å². The van der Waals surface area contributed by atoms with E-state index in [2.05, 4.69) is 17.3 Å². The van der Waals surface area contributed by atoms with Crippen molar-refractivity contribution in [2.75, 3.05) is 26.9 Å². The summed E-state index contributed by atoms with van der Waals surface area (Å²) in [6.45, 7) is 4.46. The highest BCUT2D eigenvalue weighted by molar-refractivity contribution is 5.10.